The summed E-state index contributed by atoms with van der Waals surface area (Å²) in [6.07, 6.45) is -0.325. The number of esters is 1. The summed E-state index contributed by atoms with van der Waals surface area (Å²) in [4.78, 5) is 10.9. The van der Waals surface area contributed by atoms with E-state index in [1.807, 2.05) is 18.2 Å². The van der Waals surface area contributed by atoms with Gasteiger partial charge >= 0.3 is 5.97 Å². The molecule has 0 aromatic heterocycles. The molecule has 0 aliphatic rings. The van der Waals surface area contributed by atoms with Gasteiger partial charge in [0.25, 0.3) is 0 Å². The van der Waals surface area contributed by atoms with Crippen LogP contribution in [0.3, 0.4) is 0 Å². The van der Waals surface area contributed by atoms with E-state index < -0.39 is 0 Å². The highest BCUT2D eigenvalue weighted by atomic mass is 35.5. The van der Waals surface area contributed by atoms with Crippen LogP contribution in [-0.2, 0) is 14.3 Å². The number of hydrogen-bond donors (Lipinski definition) is 1. The Morgan fingerprint density at radius 3 is 2.76 bits per heavy atom. The lowest BCUT2D eigenvalue weighted by molar-refractivity contribution is -0.147. The number of ether oxygens (including phenoxy) is 2. The normalized spacial score (nSPS) is 11.9. The van der Waals surface area contributed by atoms with Gasteiger partial charge < -0.3 is 14.8 Å². The second-order valence-electron chi connectivity index (χ2n) is 3.55. The number of nitrogens with one attached hydrogen (secondary N) is 1. The number of hydrogen-bond acceptors (Lipinski definition) is 4. The zero-order valence-electron chi connectivity index (χ0n) is 9.90. The van der Waals surface area contributed by atoms with Gasteiger partial charge in [0.05, 0.1) is 23.9 Å². The van der Waals surface area contributed by atoms with E-state index in [9.17, 15) is 4.79 Å². The molecule has 1 atom stereocenters. The Labute approximate surface area is 106 Å². The number of halogens is 1. The number of para-hydroxylation sites is 1. The predicted octanol–water partition coefficient (Wildman–Crippen LogP) is 2.33. The summed E-state index contributed by atoms with van der Waals surface area (Å²) in [7, 11) is 1.56. The average Bonchev–Trinajstić information content (AvgIpc) is 2.27. The van der Waals surface area contributed by atoms with E-state index in [0.717, 1.165) is 5.69 Å². The van der Waals surface area contributed by atoms with Crippen LogP contribution in [-0.4, -0.2) is 32.3 Å². The van der Waals surface area contributed by atoms with Crippen LogP contribution in [0.25, 0.3) is 0 Å². The number of benzene rings is 1. The molecule has 0 aliphatic heterocycles. The van der Waals surface area contributed by atoms with E-state index in [-0.39, 0.29) is 12.1 Å². The molecule has 0 bridgehead atoms. The van der Waals surface area contributed by atoms with Crippen molar-refractivity contribution in [3.8, 4) is 0 Å². The van der Waals surface area contributed by atoms with Crippen molar-refractivity contribution in [1.29, 1.82) is 0 Å². The Morgan fingerprint density at radius 1 is 1.47 bits per heavy atom. The predicted molar refractivity (Wildman–Crippen MR) is 67.4 cm³/mol. The summed E-state index contributed by atoms with van der Waals surface area (Å²) in [6, 6.07) is 7.39. The van der Waals surface area contributed by atoms with Crippen LogP contribution in [0, 0.1) is 0 Å². The Kier molecular flexibility index (Phi) is 5.80. The standard InChI is InChI=1S/C12H16ClNO3/c1-9(15)17-10(8-16-2)7-14-12-6-4-3-5-11(12)13/h3-6,10,14H,7-8H2,1-2H3. The van der Waals surface area contributed by atoms with Crippen LogP contribution in [0.2, 0.25) is 5.02 Å². The number of carbonyl (C=O) groups excluding carboxylic acids is 1. The zero-order chi connectivity index (χ0) is 12.7. The molecule has 0 spiro atoms. The van der Waals surface area contributed by atoms with E-state index in [2.05, 4.69) is 5.32 Å². The SMILES string of the molecule is COCC(CNc1ccccc1Cl)OC(C)=O. The molecule has 0 saturated carbocycles. The van der Waals surface area contributed by atoms with Gasteiger partial charge in [-0.3, -0.25) is 4.79 Å². The van der Waals surface area contributed by atoms with Gasteiger partial charge in [0.15, 0.2) is 0 Å². The molecule has 4 nitrogen and oxygen atoms in total. The van der Waals surface area contributed by atoms with Crippen LogP contribution >= 0.6 is 11.6 Å². The third kappa shape index (κ3) is 5.06. The molecule has 1 unspecified atom stereocenters. The molecule has 17 heavy (non-hydrogen) atoms. The molecule has 0 saturated heterocycles. The van der Waals surface area contributed by atoms with Crippen LogP contribution in [0.1, 0.15) is 6.92 Å². The number of methoxy groups -OCH3 is 1. The van der Waals surface area contributed by atoms with Gasteiger partial charge in [-0.15, -0.1) is 0 Å². The molecule has 1 aromatic carbocycles. The van der Waals surface area contributed by atoms with Crippen molar-refractivity contribution < 1.29 is 14.3 Å². The second-order valence-corrected chi connectivity index (χ2v) is 3.95. The topological polar surface area (TPSA) is 47.6 Å². The monoisotopic (exact) mass is 257 g/mol. The van der Waals surface area contributed by atoms with E-state index >= 15 is 0 Å². The third-order valence-electron chi connectivity index (χ3n) is 2.08. The maximum Gasteiger partial charge on any atom is 0.303 e. The summed E-state index contributed by atoms with van der Waals surface area (Å²) in [5.41, 5.74) is 0.808. The summed E-state index contributed by atoms with van der Waals surface area (Å²) < 4.78 is 10.1. The van der Waals surface area contributed by atoms with Crippen molar-refractivity contribution in [3.63, 3.8) is 0 Å². The molecular formula is C12H16ClNO3. The first kappa shape index (κ1) is 13.8. The molecule has 0 aliphatic carbocycles. The van der Waals surface area contributed by atoms with Crippen molar-refractivity contribution in [2.75, 3.05) is 25.6 Å². The van der Waals surface area contributed by atoms with Crippen LogP contribution < -0.4 is 5.32 Å². The van der Waals surface area contributed by atoms with Crippen molar-refractivity contribution in [2.45, 2.75) is 13.0 Å². The van der Waals surface area contributed by atoms with Gasteiger partial charge in [-0.1, -0.05) is 23.7 Å². The van der Waals surface area contributed by atoms with Gasteiger partial charge in [0, 0.05) is 14.0 Å². The molecule has 5 heteroatoms. The summed E-state index contributed by atoms with van der Waals surface area (Å²) in [6.45, 7) is 2.17. The molecule has 0 fully saturated rings. The highest BCUT2D eigenvalue weighted by Gasteiger charge is 2.12. The van der Waals surface area contributed by atoms with Crippen LogP contribution in [0.5, 0.6) is 0 Å². The van der Waals surface area contributed by atoms with Gasteiger partial charge in [0.1, 0.15) is 6.10 Å². The third-order valence-corrected chi connectivity index (χ3v) is 2.41. The van der Waals surface area contributed by atoms with E-state index in [1.165, 1.54) is 6.92 Å². The molecule has 1 aromatic rings. The Balaban J connectivity index is 2.51. The highest BCUT2D eigenvalue weighted by Crippen LogP contribution is 2.20. The maximum atomic E-state index is 10.9. The van der Waals surface area contributed by atoms with Crippen LogP contribution in [0.4, 0.5) is 5.69 Å². The first-order valence-electron chi connectivity index (χ1n) is 5.28. The van der Waals surface area contributed by atoms with Gasteiger partial charge in [-0.25, -0.2) is 0 Å². The number of carbonyl (C=O) groups is 1. The van der Waals surface area contributed by atoms with E-state index in [1.54, 1.807) is 13.2 Å². The quantitative estimate of drug-likeness (QED) is 0.795. The smallest absolute Gasteiger partial charge is 0.303 e. The fraction of sp³-hybridized carbons (Fsp3) is 0.417. The minimum Gasteiger partial charge on any atom is -0.458 e. The minimum atomic E-state index is -0.326. The van der Waals surface area contributed by atoms with E-state index in [4.69, 9.17) is 21.1 Å². The Bertz CT molecular complexity index is 371. The van der Waals surface area contributed by atoms with Crippen molar-refractivity contribution in [1.82, 2.24) is 0 Å². The Morgan fingerprint density at radius 2 is 2.18 bits per heavy atom. The van der Waals surface area contributed by atoms with Gasteiger partial charge in [-0.05, 0) is 12.1 Å². The summed E-state index contributed by atoms with van der Waals surface area (Å²) in [5, 5.41) is 3.75. The lowest BCUT2D eigenvalue weighted by Gasteiger charge is -2.17. The fourth-order valence-corrected chi connectivity index (χ4v) is 1.59. The molecule has 0 radical (unpaired) electrons. The summed E-state index contributed by atoms with van der Waals surface area (Å²) >= 11 is 5.99. The van der Waals surface area contributed by atoms with Crippen LogP contribution in [0.15, 0.2) is 24.3 Å². The fourth-order valence-electron chi connectivity index (χ4n) is 1.38. The molecule has 0 amide bonds. The lowest BCUT2D eigenvalue weighted by Crippen LogP contribution is -2.29. The van der Waals surface area contributed by atoms with Crippen molar-refractivity contribution >= 4 is 23.3 Å². The van der Waals surface area contributed by atoms with Gasteiger partial charge in [0.2, 0.25) is 0 Å². The molecular weight excluding hydrogens is 242 g/mol. The first-order chi connectivity index (χ1) is 8.13. The average molecular weight is 258 g/mol. The first-order valence-corrected chi connectivity index (χ1v) is 5.66. The molecule has 0 heterocycles. The van der Waals surface area contributed by atoms with Gasteiger partial charge in [-0.2, -0.15) is 0 Å². The molecule has 94 valence electrons. The van der Waals surface area contributed by atoms with Crippen molar-refractivity contribution in [3.05, 3.63) is 29.3 Å². The Hall–Kier alpha value is -1.26. The zero-order valence-corrected chi connectivity index (χ0v) is 10.7. The second kappa shape index (κ2) is 7.14. The number of rotatable bonds is 6. The highest BCUT2D eigenvalue weighted by molar-refractivity contribution is 6.33. The molecule has 1 rings (SSSR count). The summed E-state index contributed by atoms with van der Waals surface area (Å²) in [5.74, 6) is -0.326. The minimum absolute atomic E-state index is 0.325. The largest absolute Gasteiger partial charge is 0.458 e. The maximum absolute atomic E-state index is 10.9. The lowest BCUT2D eigenvalue weighted by atomic mass is 10.3. The number of anilines is 1. The van der Waals surface area contributed by atoms with E-state index in [0.29, 0.717) is 18.2 Å². The van der Waals surface area contributed by atoms with Crippen molar-refractivity contribution in [2.24, 2.45) is 0 Å². The molecule has 1 N–H and O–H groups in total.